The van der Waals surface area contributed by atoms with E-state index in [2.05, 4.69) is 50.2 Å². The molecule has 0 unspecified atom stereocenters. The molecule has 1 N–H and O–H groups in total. The van der Waals surface area contributed by atoms with Crippen molar-refractivity contribution >= 4 is 20.9 Å². The van der Waals surface area contributed by atoms with Crippen LogP contribution in [0.3, 0.4) is 0 Å². The molecule has 4 heteroatoms. The maximum Gasteiger partial charge on any atom is 0.261 e. The van der Waals surface area contributed by atoms with Crippen LogP contribution in [-0.2, 0) is 10.1 Å². The quantitative estimate of drug-likeness (QED) is 0.733. The highest BCUT2D eigenvalue weighted by atomic mass is 32.2. The molecule has 0 atom stereocenters. The second-order valence-corrected chi connectivity index (χ2v) is 5.55. The van der Waals surface area contributed by atoms with Gasteiger partial charge >= 0.3 is 0 Å². The molecule has 0 spiro atoms. The highest BCUT2D eigenvalue weighted by Crippen LogP contribution is 2.16. The Bertz CT molecular complexity index is 566. The van der Waals surface area contributed by atoms with Gasteiger partial charge in [-0.2, -0.15) is 8.42 Å². The van der Waals surface area contributed by atoms with Crippen molar-refractivity contribution in [1.82, 2.24) is 0 Å². The van der Waals surface area contributed by atoms with Gasteiger partial charge in [0, 0.05) is 0 Å². The Morgan fingerprint density at radius 2 is 1.18 bits per heavy atom. The smallest absolute Gasteiger partial charge is 0.261 e. The summed E-state index contributed by atoms with van der Waals surface area (Å²) in [5.41, 5.74) is 2.65. The molecule has 0 bridgehead atoms. The minimum absolute atomic E-state index is 0.715. The summed E-state index contributed by atoms with van der Waals surface area (Å²) in [5, 5.41) is 2.67. The monoisotopic (exact) mass is 252 g/mol. The van der Waals surface area contributed by atoms with Gasteiger partial charge in [0.25, 0.3) is 10.1 Å². The Labute approximate surface area is 102 Å². The molecule has 0 aliphatic carbocycles. The average molecular weight is 252 g/mol. The molecule has 0 aliphatic heterocycles. The summed E-state index contributed by atoms with van der Waals surface area (Å²) in [7, 11) is -3.67. The van der Waals surface area contributed by atoms with E-state index in [4.69, 9.17) is 4.55 Å². The molecule has 2 aromatic carbocycles. The summed E-state index contributed by atoms with van der Waals surface area (Å²) in [5.74, 6) is 0. The largest absolute Gasteiger partial charge is 0.286 e. The highest BCUT2D eigenvalue weighted by Gasteiger charge is 1.92. The molecule has 0 fully saturated rings. The molecule has 0 heterocycles. The Balaban J connectivity index is 0.000000249. The molecule has 0 saturated carbocycles. The van der Waals surface area contributed by atoms with Crippen molar-refractivity contribution in [3.63, 3.8) is 0 Å². The van der Waals surface area contributed by atoms with Crippen LogP contribution in [-0.4, -0.2) is 19.2 Å². The molecule has 2 rings (SSSR count). The molecule has 0 amide bonds. The van der Waals surface area contributed by atoms with Crippen molar-refractivity contribution < 1.29 is 13.0 Å². The lowest BCUT2D eigenvalue weighted by Crippen LogP contribution is -1.88. The lowest BCUT2D eigenvalue weighted by Gasteiger charge is -1.99. The van der Waals surface area contributed by atoms with Crippen LogP contribution < -0.4 is 0 Å². The van der Waals surface area contributed by atoms with E-state index in [1.165, 1.54) is 21.9 Å². The number of hydrogen-bond donors (Lipinski definition) is 1. The van der Waals surface area contributed by atoms with Gasteiger partial charge in [0.05, 0.1) is 6.26 Å². The minimum atomic E-state index is -3.67. The topological polar surface area (TPSA) is 54.4 Å². The molecule has 3 nitrogen and oxygen atoms in total. The van der Waals surface area contributed by atoms with Crippen molar-refractivity contribution in [2.24, 2.45) is 0 Å². The van der Waals surface area contributed by atoms with Crippen LogP contribution in [0.15, 0.2) is 36.4 Å². The summed E-state index contributed by atoms with van der Waals surface area (Å²) in [6, 6.07) is 13.1. The summed E-state index contributed by atoms with van der Waals surface area (Å²) in [4.78, 5) is 0. The molecule has 92 valence electrons. The van der Waals surface area contributed by atoms with Gasteiger partial charge in [-0.1, -0.05) is 47.5 Å². The van der Waals surface area contributed by atoms with Gasteiger partial charge in [-0.25, -0.2) is 0 Å². The molecule has 0 aliphatic rings. The second kappa shape index (κ2) is 5.29. The molecular formula is C13H16O3S. The van der Waals surface area contributed by atoms with E-state index < -0.39 is 10.1 Å². The first-order chi connectivity index (χ1) is 7.75. The van der Waals surface area contributed by atoms with Crippen molar-refractivity contribution in [2.45, 2.75) is 13.8 Å². The number of fused-ring (bicyclic) bond motifs is 1. The molecule has 17 heavy (non-hydrogen) atoms. The van der Waals surface area contributed by atoms with Gasteiger partial charge in [-0.05, 0) is 24.6 Å². The van der Waals surface area contributed by atoms with Crippen LogP contribution in [0.5, 0.6) is 0 Å². The first-order valence-corrected chi connectivity index (χ1v) is 7.00. The first-order valence-electron chi connectivity index (χ1n) is 5.15. The number of benzene rings is 2. The van der Waals surface area contributed by atoms with Crippen molar-refractivity contribution in [3.8, 4) is 0 Å². The van der Waals surface area contributed by atoms with Crippen molar-refractivity contribution in [2.75, 3.05) is 6.26 Å². The third-order valence-corrected chi connectivity index (χ3v) is 2.15. The Morgan fingerprint density at radius 3 is 1.47 bits per heavy atom. The van der Waals surface area contributed by atoms with Crippen molar-refractivity contribution in [3.05, 3.63) is 47.5 Å². The second-order valence-electron chi connectivity index (χ2n) is 4.09. The zero-order valence-corrected chi connectivity index (χ0v) is 11.0. The van der Waals surface area contributed by atoms with E-state index in [9.17, 15) is 8.42 Å². The fourth-order valence-corrected chi connectivity index (χ4v) is 1.48. The van der Waals surface area contributed by atoms with Gasteiger partial charge in [0.1, 0.15) is 0 Å². The third-order valence-electron chi connectivity index (χ3n) is 2.15. The van der Waals surface area contributed by atoms with Gasteiger partial charge in [0.15, 0.2) is 0 Å². The fraction of sp³-hybridized carbons (Fsp3) is 0.231. The third kappa shape index (κ3) is 5.47. The van der Waals surface area contributed by atoms with Gasteiger partial charge < -0.3 is 0 Å². The van der Waals surface area contributed by atoms with E-state index in [0.717, 1.165) is 0 Å². The standard InChI is InChI=1S/C12H12.CH4O3S/c1-9-3-5-12-8-10(2)4-6-11(12)7-9;1-5(2,3)4/h3-8H,1-2H3;1H3,(H,2,3,4). The summed E-state index contributed by atoms with van der Waals surface area (Å²) in [6.45, 7) is 4.25. The Hall–Kier alpha value is -1.39. The summed E-state index contributed by atoms with van der Waals surface area (Å²) < 4.78 is 25.9. The number of hydrogen-bond acceptors (Lipinski definition) is 2. The zero-order chi connectivity index (χ0) is 13.1. The summed E-state index contributed by atoms with van der Waals surface area (Å²) >= 11 is 0. The highest BCUT2D eigenvalue weighted by molar-refractivity contribution is 7.85. The van der Waals surface area contributed by atoms with E-state index >= 15 is 0 Å². The predicted molar refractivity (Wildman–Crippen MR) is 70.9 cm³/mol. The minimum Gasteiger partial charge on any atom is -0.286 e. The normalized spacial score (nSPS) is 10.8. The van der Waals surface area contributed by atoms with Gasteiger partial charge in [-0.15, -0.1) is 0 Å². The first kappa shape index (κ1) is 13.7. The maximum atomic E-state index is 9.19. The number of aryl methyl sites for hydroxylation is 2. The van der Waals surface area contributed by atoms with E-state index in [-0.39, 0.29) is 0 Å². The maximum absolute atomic E-state index is 9.19. The van der Waals surface area contributed by atoms with E-state index in [1.807, 2.05) is 0 Å². The molecule has 0 radical (unpaired) electrons. The lowest BCUT2D eigenvalue weighted by atomic mass is 10.1. The van der Waals surface area contributed by atoms with Crippen LogP contribution in [0.4, 0.5) is 0 Å². The SMILES string of the molecule is CS(=O)(=O)O.Cc1ccc2cc(C)ccc2c1. The zero-order valence-electron chi connectivity index (χ0n) is 10.1. The van der Waals surface area contributed by atoms with Gasteiger partial charge in [-0.3, -0.25) is 4.55 Å². The van der Waals surface area contributed by atoms with Gasteiger partial charge in [0.2, 0.25) is 0 Å². The molecular weight excluding hydrogens is 236 g/mol. The van der Waals surface area contributed by atoms with Crippen LogP contribution in [0, 0.1) is 13.8 Å². The lowest BCUT2D eigenvalue weighted by molar-refractivity contribution is 0.490. The number of rotatable bonds is 0. The predicted octanol–water partition coefficient (Wildman–Crippen LogP) is 2.96. The van der Waals surface area contributed by atoms with E-state index in [1.54, 1.807) is 0 Å². The van der Waals surface area contributed by atoms with Crippen LogP contribution in [0.1, 0.15) is 11.1 Å². The molecule has 2 aromatic rings. The summed E-state index contributed by atoms with van der Waals surface area (Å²) in [6.07, 6.45) is 0.715. The van der Waals surface area contributed by atoms with E-state index in [0.29, 0.717) is 6.26 Å². The fourth-order valence-electron chi connectivity index (χ4n) is 1.48. The van der Waals surface area contributed by atoms with Crippen LogP contribution in [0.25, 0.3) is 10.8 Å². The molecule has 0 aromatic heterocycles. The Kier molecular flexibility index (Phi) is 4.26. The molecule has 0 saturated heterocycles. The van der Waals surface area contributed by atoms with Crippen molar-refractivity contribution in [1.29, 1.82) is 0 Å². The van der Waals surface area contributed by atoms with Crippen LogP contribution in [0.2, 0.25) is 0 Å². The van der Waals surface area contributed by atoms with Crippen LogP contribution >= 0.6 is 0 Å². The Morgan fingerprint density at radius 1 is 0.882 bits per heavy atom. The average Bonchev–Trinajstić information content (AvgIpc) is 2.16.